The number of hydrogen-bond donors (Lipinski definition) is 0. The number of aryl methyl sites for hydroxylation is 3. The second-order valence-electron chi connectivity index (χ2n) is 4.48. The second kappa shape index (κ2) is 4.14. The molecule has 1 unspecified atom stereocenters. The van der Waals surface area contributed by atoms with Crippen molar-refractivity contribution in [3.63, 3.8) is 0 Å². The molecule has 1 radical (unpaired) electrons. The van der Waals surface area contributed by atoms with Crippen molar-refractivity contribution in [2.75, 3.05) is 0 Å². The number of benzene rings is 1. The molecule has 1 atom stereocenters. The first kappa shape index (κ1) is 11.3. The molecule has 0 heterocycles. The van der Waals surface area contributed by atoms with E-state index in [9.17, 15) is 5.11 Å². The maximum absolute atomic E-state index is 12.0. The molecule has 0 aliphatic heterocycles. The Morgan fingerprint density at radius 1 is 1.00 bits per heavy atom. The molecule has 1 aromatic rings. The van der Waals surface area contributed by atoms with E-state index in [1.165, 1.54) is 5.56 Å². The van der Waals surface area contributed by atoms with Crippen molar-refractivity contribution in [1.29, 1.82) is 0 Å². The van der Waals surface area contributed by atoms with Crippen LogP contribution in [0.4, 0.5) is 0 Å². The van der Waals surface area contributed by atoms with Crippen molar-refractivity contribution in [2.45, 2.75) is 40.7 Å². The summed E-state index contributed by atoms with van der Waals surface area (Å²) in [5.41, 5.74) is 4.50. The van der Waals surface area contributed by atoms with Crippen LogP contribution in [0.5, 0.6) is 0 Å². The van der Waals surface area contributed by atoms with Gasteiger partial charge in [-0.25, -0.2) is 5.11 Å². The Kier molecular flexibility index (Phi) is 3.33. The predicted molar refractivity (Wildman–Crippen MR) is 58.9 cm³/mol. The molecule has 0 N–H and O–H groups in total. The lowest BCUT2D eigenvalue weighted by molar-refractivity contribution is 0.0477. The lowest BCUT2D eigenvalue weighted by Gasteiger charge is -2.18. The number of rotatable bonds is 2. The third-order valence-electron chi connectivity index (χ3n) is 2.63. The van der Waals surface area contributed by atoms with Crippen LogP contribution in [-0.4, -0.2) is 0 Å². The van der Waals surface area contributed by atoms with E-state index in [1.54, 1.807) is 0 Å². The summed E-state index contributed by atoms with van der Waals surface area (Å²) in [6, 6.07) is 4.19. The normalized spacial score (nSPS) is 13.4. The summed E-state index contributed by atoms with van der Waals surface area (Å²) < 4.78 is 0. The maximum atomic E-state index is 12.0. The fourth-order valence-corrected chi connectivity index (χ4v) is 1.97. The minimum Gasteiger partial charge on any atom is -0.228 e. The molecule has 14 heavy (non-hydrogen) atoms. The zero-order valence-corrected chi connectivity index (χ0v) is 9.72. The Bertz CT molecular complexity index is 303. The molecular weight excluding hydrogens is 172 g/mol. The van der Waals surface area contributed by atoms with Gasteiger partial charge in [-0.2, -0.15) is 0 Å². The molecule has 1 heteroatoms. The van der Waals surface area contributed by atoms with Crippen molar-refractivity contribution in [3.05, 3.63) is 34.4 Å². The Hall–Kier alpha value is -0.820. The zero-order chi connectivity index (χ0) is 10.9. The first-order chi connectivity index (χ1) is 6.43. The van der Waals surface area contributed by atoms with Crippen molar-refractivity contribution in [2.24, 2.45) is 5.92 Å². The van der Waals surface area contributed by atoms with Gasteiger partial charge in [0, 0.05) is 0 Å². The summed E-state index contributed by atoms with van der Waals surface area (Å²) in [5, 5.41) is 12.0. The molecule has 0 spiro atoms. The van der Waals surface area contributed by atoms with Gasteiger partial charge < -0.3 is 0 Å². The van der Waals surface area contributed by atoms with Crippen LogP contribution < -0.4 is 0 Å². The van der Waals surface area contributed by atoms with Gasteiger partial charge in [0.2, 0.25) is 0 Å². The van der Waals surface area contributed by atoms with E-state index >= 15 is 0 Å². The third-order valence-corrected chi connectivity index (χ3v) is 2.63. The summed E-state index contributed by atoms with van der Waals surface area (Å²) in [5.74, 6) is 0.162. The maximum Gasteiger partial charge on any atom is 0.121 e. The summed E-state index contributed by atoms with van der Waals surface area (Å²) in [7, 11) is 0. The first-order valence-electron chi connectivity index (χ1n) is 5.17. The van der Waals surface area contributed by atoms with Crippen molar-refractivity contribution in [3.8, 4) is 0 Å². The van der Waals surface area contributed by atoms with Crippen molar-refractivity contribution >= 4 is 0 Å². The third kappa shape index (κ3) is 2.16. The van der Waals surface area contributed by atoms with Gasteiger partial charge in [0.05, 0.1) is 0 Å². The largest absolute Gasteiger partial charge is 0.228 e. The fourth-order valence-electron chi connectivity index (χ4n) is 1.97. The summed E-state index contributed by atoms with van der Waals surface area (Å²) >= 11 is 0. The molecule has 1 aromatic carbocycles. The van der Waals surface area contributed by atoms with Crippen molar-refractivity contribution in [1.82, 2.24) is 0 Å². The molecule has 0 aromatic heterocycles. The highest BCUT2D eigenvalue weighted by molar-refractivity contribution is 5.39. The molecule has 0 aliphatic rings. The summed E-state index contributed by atoms with van der Waals surface area (Å²) in [4.78, 5) is 0. The van der Waals surface area contributed by atoms with Gasteiger partial charge in [0.1, 0.15) is 6.10 Å². The Morgan fingerprint density at radius 2 is 1.43 bits per heavy atom. The van der Waals surface area contributed by atoms with E-state index in [0.29, 0.717) is 0 Å². The van der Waals surface area contributed by atoms with Gasteiger partial charge in [-0.15, -0.1) is 0 Å². The van der Waals surface area contributed by atoms with E-state index in [4.69, 9.17) is 0 Å². The second-order valence-corrected chi connectivity index (χ2v) is 4.48. The Balaban J connectivity index is 3.20. The molecule has 0 bridgehead atoms. The molecular formula is C13H19O. The summed E-state index contributed by atoms with van der Waals surface area (Å²) in [6.07, 6.45) is -0.587. The topological polar surface area (TPSA) is 19.9 Å². The smallest absolute Gasteiger partial charge is 0.121 e. The molecule has 0 fully saturated rings. The van der Waals surface area contributed by atoms with Gasteiger partial charge in [-0.1, -0.05) is 31.5 Å². The highest BCUT2D eigenvalue weighted by Gasteiger charge is 2.18. The van der Waals surface area contributed by atoms with Crippen LogP contribution in [0.15, 0.2) is 12.1 Å². The molecule has 0 saturated carbocycles. The monoisotopic (exact) mass is 191 g/mol. The molecule has 1 nitrogen and oxygen atoms in total. The SMILES string of the molecule is Cc1cc(C)c(C([O])C(C)C)c(C)c1. The Morgan fingerprint density at radius 3 is 1.79 bits per heavy atom. The molecule has 0 amide bonds. The van der Waals surface area contributed by atoms with E-state index in [-0.39, 0.29) is 5.92 Å². The van der Waals surface area contributed by atoms with Crippen LogP contribution in [0, 0.1) is 26.7 Å². The van der Waals surface area contributed by atoms with E-state index < -0.39 is 6.10 Å². The quantitative estimate of drug-likeness (QED) is 0.678. The standard InChI is InChI=1S/C13H19O/c1-8(2)13(14)12-10(4)6-9(3)7-11(12)5/h6-8,13H,1-5H3. The van der Waals surface area contributed by atoms with Crippen LogP contribution in [0.1, 0.15) is 42.2 Å². The lowest BCUT2D eigenvalue weighted by atomic mass is 9.90. The fraction of sp³-hybridized carbons (Fsp3) is 0.538. The van der Waals surface area contributed by atoms with Gasteiger partial charge in [0.25, 0.3) is 0 Å². The van der Waals surface area contributed by atoms with E-state index in [1.807, 2.05) is 27.7 Å². The lowest BCUT2D eigenvalue weighted by Crippen LogP contribution is -2.08. The molecule has 0 saturated heterocycles. The highest BCUT2D eigenvalue weighted by Crippen LogP contribution is 2.28. The minimum atomic E-state index is -0.587. The van der Waals surface area contributed by atoms with Gasteiger partial charge in [0.15, 0.2) is 0 Å². The predicted octanol–water partition coefficient (Wildman–Crippen LogP) is 3.74. The first-order valence-corrected chi connectivity index (χ1v) is 5.17. The highest BCUT2D eigenvalue weighted by atomic mass is 16.3. The van der Waals surface area contributed by atoms with Crippen LogP contribution in [0.3, 0.4) is 0 Å². The van der Waals surface area contributed by atoms with Gasteiger partial charge in [-0.05, 0) is 43.4 Å². The van der Waals surface area contributed by atoms with Crippen LogP contribution in [-0.2, 0) is 5.11 Å². The van der Waals surface area contributed by atoms with Crippen LogP contribution in [0.25, 0.3) is 0 Å². The molecule has 0 aliphatic carbocycles. The average molecular weight is 191 g/mol. The van der Waals surface area contributed by atoms with Gasteiger partial charge in [-0.3, -0.25) is 0 Å². The van der Waals surface area contributed by atoms with E-state index in [2.05, 4.69) is 19.1 Å². The Labute approximate surface area is 86.8 Å². The summed E-state index contributed by atoms with van der Waals surface area (Å²) in [6.45, 7) is 10.1. The van der Waals surface area contributed by atoms with E-state index in [0.717, 1.165) is 16.7 Å². The molecule has 77 valence electrons. The minimum absolute atomic E-state index is 0.162. The van der Waals surface area contributed by atoms with Crippen molar-refractivity contribution < 1.29 is 5.11 Å². The van der Waals surface area contributed by atoms with Gasteiger partial charge >= 0.3 is 0 Å². The number of hydrogen-bond acceptors (Lipinski definition) is 0. The van der Waals surface area contributed by atoms with Crippen LogP contribution in [0.2, 0.25) is 0 Å². The average Bonchev–Trinajstić information content (AvgIpc) is 2.01. The zero-order valence-electron chi connectivity index (χ0n) is 9.72. The molecule has 1 rings (SSSR count). The van der Waals surface area contributed by atoms with Crippen LogP contribution >= 0.6 is 0 Å².